The van der Waals surface area contributed by atoms with E-state index in [1.165, 1.54) is 23.0 Å². The first kappa shape index (κ1) is 17.0. The number of benzene rings is 1. The maximum Gasteiger partial charge on any atom is 0.341 e. The molecule has 0 unspecified atom stereocenters. The lowest BCUT2D eigenvalue weighted by Gasteiger charge is -2.11. The van der Waals surface area contributed by atoms with Gasteiger partial charge in [-0.25, -0.2) is 13.9 Å². The third-order valence-corrected chi connectivity index (χ3v) is 3.35. The van der Waals surface area contributed by atoms with Gasteiger partial charge in [0.2, 0.25) is 0 Å². The minimum Gasteiger partial charge on any atom is -0.506 e. The second-order valence-corrected chi connectivity index (χ2v) is 4.95. The molecule has 0 saturated carbocycles. The summed E-state index contributed by atoms with van der Waals surface area (Å²) in [5.74, 6) is -1.34. The van der Waals surface area contributed by atoms with Crippen LogP contribution in [0.2, 0.25) is 0 Å². The summed E-state index contributed by atoms with van der Waals surface area (Å²) in [4.78, 5) is 12.0. The number of esters is 1. The predicted octanol–water partition coefficient (Wildman–Crippen LogP) is 2.21. The Hall–Kier alpha value is -2.41. The van der Waals surface area contributed by atoms with Gasteiger partial charge in [-0.15, -0.1) is 0 Å². The number of carbonyl (C=O) groups excluding carboxylic acids is 1. The van der Waals surface area contributed by atoms with E-state index in [-0.39, 0.29) is 24.7 Å². The third-order valence-electron chi connectivity index (χ3n) is 3.35. The molecule has 1 aromatic heterocycles. The van der Waals surface area contributed by atoms with Crippen molar-refractivity contribution in [2.45, 2.75) is 26.2 Å². The van der Waals surface area contributed by atoms with Crippen molar-refractivity contribution in [2.24, 2.45) is 0 Å². The monoisotopic (exact) mass is 322 g/mol. The molecule has 0 bridgehead atoms. The number of hydrogen-bond donors (Lipinski definition) is 2. The summed E-state index contributed by atoms with van der Waals surface area (Å²) in [5, 5.41) is 23.0. The zero-order chi connectivity index (χ0) is 16.8. The lowest BCUT2D eigenvalue weighted by Crippen LogP contribution is -2.10. The van der Waals surface area contributed by atoms with Crippen LogP contribution in [0.15, 0.2) is 24.4 Å². The second-order valence-electron chi connectivity index (χ2n) is 4.95. The lowest BCUT2D eigenvalue weighted by molar-refractivity contribution is 0.0525. The number of carbonyl (C=O) groups is 1. The van der Waals surface area contributed by atoms with Crippen molar-refractivity contribution >= 4 is 5.97 Å². The smallest absolute Gasteiger partial charge is 0.341 e. The number of rotatable bonds is 7. The fourth-order valence-electron chi connectivity index (χ4n) is 2.28. The molecule has 124 valence electrons. The summed E-state index contributed by atoms with van der Waals surface area (Å²) < 4.78 is 19.6. The van der Waals surface area contributed by atoms with Gasteiger partial charge >= 0.3 is 5.97 Å². The standard InChI is InChI=1S/C16H19FN2O4/c1-2-23-16(22)12-10-18-19(13(12)5-3-4-8-20)14-7-6-11(17)9-15(14)21/h6-7,9-10,20-21H,2-5,8H2,1H3. The van der Waals surface area contributed by atoms with Crippen LogP contribution >= 0.6 is 0 Å². The molecule has 0 atom stereocenters. The summed E-state index contributed by atoms with van der Waals surface area (Å²) in [6.07, 6.45) is 3.04. The number of aromatic hydroxyl groups is 1. The van der Waals surface area contributed by atoms with Gasteiger partial charge in [-0.2, -0.15) is 5.10 Å². The van der Waals surface area contributed by atoms with Crippen molar-refractivity contribution < 1.29 is 24.1 Å². The van der Waals surface area contributed by atoms with Gasteiger partial charge in [-0.05, 0) is 38.3 Å². The van der Waals surface area contributed by atoms with Crippen LogP contribution in [0, 0.1) is 5.82 Å². The first-order chi connectivity index (χ1) is 11.1. The van der Waals surface area contributed by atoms with Crippen LogP contribution in [0.1, 0.15) is 35.8 Å². The fraction of sp³-hybridized carbons (Fsp3) is 0.375. The largest absolute Gasteiger partial charge is 0.506 e. The van der Waals surface area contributed by atoms with E-state index in [0.717, 1.165) is 6.07 Å². The number of aliphatic hydroxyl groups is 1. The zero-order valence-electron chi connectivity index (χ0n) is 12.8. The highest BCUT2D eigenvalue weighted by Gasteiger charge is 2.20. The average Bonchev–Trinajstić information content (AvgIpc) is 2.91. The van der Waals surface area contributed by atoms with Gasteiger partial charge in [0.1, 0.15) is 22.8 Å². The van der Waals surface area contributed by atoms with Gasteiger partial charge in [0.25, 0.3) is 0 Å². The van der Waals surface area contributed by atoms with Crippen LogP contribution in [0.5, 0.6) is 5.75 Å². The topological polar surface area (TPSA) is 84.6 Å². The minimum absolute atomic E-state index is 0.0463. The molecule has 1 heterocycles. The molecule has 0 aliphatic heterocycles. The highest BCUT2D eigenvalue weighted by atomic mass is 19.1. The van der Waals surface area contributed by atoms with Crippen molar-refractivity contribution in [1.29, 1.82) is 0 Å². The van der Waals surface area contributed by atoms with Crippen LogP contribution in [0.3, 0.4) is 0 Å². The number of unbranched alkanes of at least 4 members (excludes halogenated alkanes) is 1. The molecule has 7 heteroatoms. The van der Waals surface area contributed by atoms with Gasteiger partial charge in [-0.1, -0.05) is 0 Å². The van der Waals surface area contributed by atoms with E-state index in [4.69, 9.17) is 9.84 Å². The fourth-order valence-corrected chi connectivity index (χ4v) is 2.28. The molecule has 23 heavy (non-hydrogen) atoms. The Balaban J connectivity index is 2.43. The van der Waals surface area contributed by atoms with Crippen molar-refractivity contribution in [3.63, 3.8) is 0 Å². The van der Waals surface area contributed by atoms with Crippen LogP contribution in [0.4, 0.5) is 4.39 Å². The number of halogens is 1. The van der Waals surface area contributed by atoms with Crippen LogP contribution in [0.25, 0.3) is 5.69 Å². The molecule has 2 rings (SSSR count). The summed E-state index contributed by atoms with van der Waals surface area (Å²) in [5.41, 5.74) is 1.13. The van der Waals surface area contributed by atoms with Gasteiger partial charge in [0.15, 0.2) is 0 Å². The van der Waals surface area contributed by atoms with Crippen molar-refractivity contribution in [1.82, 2.24) is 9.78 Å². The molecule has 0 saturated heterocycles. The number of aromatic nitrogens is 2. The average molecular weight is 322 g/mol. The molecular formula is C16H19FN2O4. The number of ether oxygens (including phenoxy) is 1. The first-order valence-corrected chi connectivity index (χ1v) is 7.42. The summed E-state index contributed by atoms with van der Waals surface area (Å²) in [6.45, 7) is 1.99. The number of aliphatic hydroxyl groups excluding tert-OH is 1. The molecule has 0 radical (unpaired) electrons. The maximum absolute atomic E-state index is 13.2. The quantitative estimate of drug-likeness (QED) is 0.603. The highest BCUT2D eigenvalue weighted by Crippen LogP contribution is 2.26. The highest BCUT2D eigenvalue weighted by molar-refractivity contribution is 5.90. The molecule has 1 aromatic carbocycles. The van der Waals surface area contributed by atoms with Crippen molar-refractivity contribution in [3.05, 3.63) is 41.5 Å². The van der Waals surface area contributed by atoms with Crippen molar-refractivity contribution in [2.75, 3.05) is 13.2 Å². The van der Waals surface area contributed by atoms with Crippen LogP contribution in [-0.4, -0.2) is 39.2 Å². The van der Waals surface area contributed by atoms with Gasteiger partial charge in [-0.3, -0.25) is 0 Å². The van der Waals surface area contributed by atoms with Crippen LogP contribution < -0.4 is 0 Å². The minimum atomic E-state index is -0.564. The van der Waals surface area contributed by atoms with E-state index >= 15 is 0 Å². The number of phenols is 1. The molecule has 6 nitrogen and oxygen atoms in total. The Bertz CT molecular complexity index is 685. The molecular weight excluding hydrogens is 303 g/mol. The molecule has 0 fully saturated rings. The van der Waals surface area contributed by atoms with E-state index < -0.39 is 11.8 Å². The zero-order valence-corrected chi connectivity index (χ0v) is 12.8. The van der Waals surface area contributed by atoms with E-state index in [0.29, 0.717) is 30.5 Å². The summed E-state index contributed by atoms with van der Waals surface area (Å²) in [7, 11) is 0. The van der Waals surface area contributed by atoms with Gasteiger partial charge in [0, 0.05) is 12.7 Å². The Morgan fingerprint density at radius 1 is 1.39 bits per heavy atom. The van der Waals surface area contributed by atoms with Gasteiger partial charge < -0.3 is 14.9 Å². The summed E-state index contributed by atoms with van der Waals surface area (Å²) >= 11 is 0. The second kappa shape index (κ2) is 7.73. The Labute approximate surface area is 133 Å². The van der Waals surface area contributed by atoms with Crippen molar-refractivity contribution in [3.8, 4) is 11.4 Å². The normalized spacial score (nSPS) is 10.7. The van der Waals surface area contributed by atoms with Crippen LogP contribution in [-0.2, 0) is 11.2 Å². The maximum atomic E-state index is 13.2. The third kappa shape index (κ3) is 3.87. The predicted molar refractivity (Wildman–Crippen MR) is 81.2 cm³/mol. The summed E-state index contributed by atoms with van der Waals surface area (Å²) in [6, 6.07) is 3.58. The van der Waals surface area contributed by atoms with E-state index in [2.05, 4.69) is 5.10 Å². The molecule has 2 N–H and O–H groups in total. The molecule has 0 aliphatic rings. The lowest BCUT2D eigenvalue weighted by atomic mass is 10.1. The number of hydrogen-bond acceptors (Lipinski definition) is 5. The molecule has 0 aliphatic carbocycles. The molecule has 0 amide bonds. The Morgan fingerprint density at radius 3 is 2.83 bits per heavy atom. The van der Waals surface area contributed by atoms with E-state index in [9.17, 15) is 14.3 Å². The first-order valence-electron chi connectivity index (χ1n) is 7.42. The van der Waals surface area contributed by atoms with E-state index in [1.54, 1.807) is 6.92 Å². The number of phenolic OH excluding ortho intramolecular Hbond substituents is 1. The molecule has 2 aromatic rings. The Morgan fingerprint density at radius 2 is 2.17 bits per heavy atom. The number of nitrogens with zero attached hydrogens (tertiary/aromatic N) is 2. The molecule has 0 spiro atoms. The van der Waals surface area contributed by atoms with E-state index in [1.807, 2.05) is 0 Å². The van der Waals surface area contributed by atoms with Gasteiger partial charge in [0.05, 0.1) is 18.5 Å². The SMILES string of the molecule is CCOC(=O)c1cnn(-c2ccc(F)cc2O)c1CCCCO. The Kier molecular flexibility index (Phi) is 5.70.